The fourth-order valence-corrected chi connectivity index (χ4v) is 3.84. The van der Waals surface area contributed by atoms with E-state index in [0.717, 1.165) is 44.0 Å². The van der Waals surface area contributed by atoms with Crippen LogP contribution in [0, 0.1) is 0 Å². The first-order valence-corrected chi connectivity index (χ1v) is 10.8. The van der Waals surface area contributed by atoms with Crippen LogP contribution in [-0.4, -0.2) is 51.1 Å². The third-order valence-corrected chi connectivity index (χ3v) is 5.77. The number of amides is 1. The Balaban J connectivity index is 1.29. The molecule has 1 heterocycles. The summed E-state index contributed by atoms with van der Waals surface area (Å²) in [5.41, 5.74) is 5.40. The van der Waals surface area contributed by atoms with Gasteiger partial charge >= 0.3 is 0 Å². The van der Waals surface area contributed by atoms with Gasteiger partial charge in [0.25, 0.3) is 5.91 Å². The number of carbonyl (C=O) groups is 1. The molecule has 0 spiro atoms. The highest BCUT2D eigenvalue weighted by atomic mass is 16.2. The molecule has 0 bridgehead atoms. The average Bonchev–Trinajstić information content (AvgIpc) is 2.83. The van der Waals surface area contributed by atoms with Gasteiger partial charge in [-0.25, -0.2) is 0 Å². The monoisotopic (exact) mass is 414 g/mol. The highest BCUT2D eigenvalue weighted by Crippen LogP contribution is 2.18. The highest BCUT2D eigenvalue weighted by molar-refractivity contribution is 5.94. The van der Waals surface area contributed by atoms with Crippen molar-refractivity contribution in [2.45, 2.75) is 6.54 Å². The van der Waals surface area contributed by atoms with Crippen LogP contribution in [0.1, 0.15) is 15.9 Å². The lowest BCUT2D eigenvalue weighted by Crippen LogP contribution is -2.48. The number of carbonyl (C=O) groups excluding carboxylic acids is 1. The number of benzene rings is 3. The van der Waals surface area contributed by atoms with Gasteiger partial charge in [0.05, 0.1) is 0 Å². The predicted molar refractivity (Wildman–Crippen MR) is 129 cm³/mol. The van der Waals surface area contributed by atoms with Crippen LogP contribution in [0.2, 0.25) is 0 Å². The molecule has 160 valence electrons. The fourth-order valence-electron chi connectivity index (χ4n) is 3.84. The van der Waals surface area contributed by atoms with E-state index < -0.39 is 0 Å². The van der Waals surface area contributed by atoms with E-state index in [2.05, 4.69) is 63.6 Å². The molecule has 1 aliphatic heterocycles. The Kier molecular flexibility index (Phi) is 6.41. The molecule has 0 unspecified atom stereocenters. The van der Waals surface area contributed by atoms with Crippen molar-refractivity contribution >= 4 is 23.0 Å². The lowest BCUT2D eigenvalue weighted by Gasteiger charge is -2.36. The molecular weight excluding hydrogens is 384 g/mol. The predicted octanol–water partition coefficient (Wildman–Crippen LogP) is 4.33. The summed E-state index contributed by atoms with van der Waals surface area (Å²) in [6, 6.07) is 26.7. The molecule has 0 aliphatic carbocycles. The van der Waals surface area contributed by atoms with E-state index >= 15 is 0 Å². The summed E-state index contributed by atoms with van der Waals surface area (Å²) in [6.45, 7) is 3.97. The SMILES string of the molecule is CN(C)c1ccc(CNc2ccc(C(=O)N3CCN(c4ccccc4)CC3)cc2)cc1. The molecule has 0 atom stereocenters. The number of hydrogen-bond acceptors (Lipinski definition) is 4. The standard InChI is InChI=1S/C26H30N4O/c1-28(2)24-14-8-21(9-15-24)20-27-23-12-10-22(11-13-23)26(31)30-18-16-29(17-19-30)25-6-4-3-5-7-25/h3-15,27H,16-20H2,1-2H3. The van der Waals surface area contributed by atoms with Gasteiger partial charge in [-0.15, -0.1) is 0 Å². The van der Waals surface area contributed by atoms with Crippen LogP contribution < -0.4 is 15.1 Å². The topological polar surface area (TPSA) is 38.8 Å². The largest absolute Gasteiger partial charge is 0.381 e. The molecule has 3 aromatic rings. The molecule has 0 radical (unpaired) electrons. The third-order valence-electron chi connectivity index (χ3n) is 5.77. The molecule has 4 rings (SSSR count). The number of nitrogens with zero attached hydrogens (tertiary/aromatic N) is 3. The lowest BCUT2D eigenvalue weighted by atomic mass is 10.1. The number of rotatable bonds is 6. The maximum atomic E-state index is 12.9. The van der Waals surface area contributed by atoms with Crippen LogP contribution in [0.3, 0.4) is 0 Å². The van der Waals surface area contributed by atoms with Gasteiger partial charge in [0, 0.05) is 69.4 Å². The second-order valence-corrected chi connectivity index (χ2v) is 8.11. The molecule has 5 nitrogen and oxygen atoms in total. The van der Waals surface area contributed by atoms with Crippen molar-refractivity contribution in [3.8, 4) is 0 Å². The normalized spacial score (nSPS) is 13.7. The van der Waals surface area contributed by atoms with E-state index in [1.54, 1.807) is 0 Å². The molecule has 1 N–H and O–H groups in total. The zero-order valence-electron chi connectivity index (χ0n) is 18.3. The Morgan fingerprint density at radius 2 is 1.48 bits per heavy atom. The van der Waals surface area contributed by atoms with Crippen molar-refractivity contribution in [3.05, 3.63) is 90.0 Å². The second-order valence-electron chi connectivity index (χ2n) is 8.11. The molecule has 3 aromatic carbocycles. The van der Waals surface area contributed by atoms with Gasteiger partial charge in [0.15, 0.2) is 0 Å². The summed E-state index contributed by atoms with van der Waals surface area (Å²) in [4.78, 5) is 19.3. The first-order valence-electron chi connectivity index (χ1n) is 10.8. The van der Waals surface area contributed by atoms with Crippen molar-refractivity contribution < 1.29 is 4.79 Å². The minimum Gasteiger partial charge on any atom is -0.381 e. The van der Waals surface area contributed by atoms with Crippen LogP contribution >= 0.6 is 0 Å². The summed E-state index contributed by atoms with van der Waals surface area (Å²) < 4.78 is 0. The summed E-state index contributed by atoms with van der Waals surface area (Å²) in [5.74, 6) is 0.110. The smallest absolute Gasteiger partial charge is 0.253 e. The molecule has 1 aliphatic rings. The van der Waals surface area contributed by atoms with E-state index in [0.29, 0.717) is 0 Å². The molecule has 1 amide bonds. The average molecular weight is 415 g/mol. The Bertz CT molecular complexity index is 976. The zero-order valence-corrected chi connectivity index (χ0v) is 18.3. The summed E-state index contributed by atoms with van der Waals surface area (Å²) >= 11 is 0. The highest BCUT2D eigenvalue weighted by Gasteiger charge is 2.22. The van der Waals surface area contributed by atoms with Crippen LogP contribution in [0.25, 0.3) is 0 Å². The van der Waals surface area contributed by atoms with Gasteiger partial charge in [-0.1, -0.05) is 30.3 Å². The van der Waals surface area contributed by atoms with Crippen molar-refractivity contribution in [1.29, 1.82) is 0 Å². The van der Waals surface area contributed by atoms with Gasteiger partial charge in [0.2, 0.25) is 0 Å². The van der Waals surface area contributed by atoms with Crippen LogP contribution in [-0.2, 0) is 6.54 Å². The maximum Gasteiger partial charge on any atom is 0.253 e. The van der Waals surface area contributed by atoms with E-state index in [-0.39, 0.29) is 5.91 Å². The van der Waals surface area contributed by atoms with Gasteiger partial charge in [-0.05, 0) is 54.1 Å². The first-order chi connectivity index (χ1) is 15.1. The van der Waals surface area contributed by atoms with Crippen molar-refractivity contribution in [2.24, 2.45) is 0 Å². The molecule has 1 saturated heterocycles. The van der Waals surface area contributed by atoms with E-state index in [4.69, 9.17) is 0 Å². The third kappa shape index (κ3) is 5.18. The van der Waals surface area contributed by atoms with Crippen LogP contribution in [0.4, 0.5) is 17.1 Å². The number of piperazine rings is 1. The second kappa shape index (κ2) is 9.56. The molecule has 0 aromatic heterocycles. The van der Waals surface area contributed by atoms with E-state index in [9.17, 15) is 4.79 Å². The van der Waals surface area contributed by atoms with E-state index in [1.165, 1.54) is 16.9 Å². The van der Waals surface area contributed by atoms with Crippen molar-refractivity contribution in [1.82, 2.24) is 4.90 Å². The first kappa shape index (κ1) is 20.8. The fraction of sp³-hybridized carbons (Fsp3) is 0.269. The van der Waals surface area contributed by atoms with Gasteiger partial charge in [0.1, 0.15) is 0 Å². The minimum absolute atomic E-state index is 0.110. The van der Waals surface area contributed by atoms with Gasteiger partial charge < -0.3 is 20.0 Å². The van der Waals surface area contributed by atoms with Gasteiger partial charge in [-0.3, -0.25) is 4.79 Å². The summed E-state index contributed by atoms with van der Waals surface area (Å²) in [5, 5.41) is 3.43. The Labute approximate surface area is 184 Å². The molecule has 1 fully saturated rings. The summed E-state index contributed by atoms with van der Waals surface area (Å²) in [7, 11) is 4.08. The molecule has 0 saturated carbocycles. The number of anilines is 3. The van der Waals surface area contributed by atoms with Crippen molar-refractivity contribution in [2.75, 3.05) is 55.4 Å². The number of nitrogens with one attached hydrogen (secondary N) is 1. The zero-order chi connectivity index (χ0) is 21.6. The maximum absolute atomic E-state index is 12.9. The Hall–Kier alpha value is -3.47. The Morgan fingerprint density at radius 3 is 2.10 bits per heavy atom. The number of hydrogen-bond donors (Lipinski definition) is 1. The Morgan fingerprint density at radius 1 is 0.839 bits per heavy atom. The van der Waals surface area contributed by atoms with Crippen LogP contribution in [0.15, 0.2) is 78.9 Å². The van der Waals surface area contributed by atoms with E-state index in [1.807, 2.05) is 49.3 Å². The number of para-hydroxylation sites is 1. The van der Waals surface area contributed by atoms with Crippen LogP contribution in [0.5, 0.6) is 0 Å². The minimum atomic E-state index is 0.110. The quantitative estimate of drug-likeness (QED) is 0.652. The van der Waals surface area contributed by atoms with Gasteiger partial charge in [-0.2, -0.15) is 0 Å². The molecule has 5 heteroatoms. The lowest BCUT2D eigenvalue weighted by molar-refractivity contribution is 0.0747. The summed E-state index contributed by atoms with van der Waals surface area (Å²) in [6.07, 6.45) is 0. The van der Waals surface area contributed by atoms with Crippen molar-refractivity contribution in [3.63, 3.8) is 0 Å². The molecule has 31 heavy (non-hydrogen) atoms. The molecular formula is C26H30N4O.